The molecule has 4 heteroatoms. The number of amides is 1. The van der Waals surface area contributed by atoms with Crippen molar-refractivity contribution in [2.75, 3.05) is 13.1 Å². The Hall–Kier alpha value is -1.32. The summed E-state index contributed by atoms with van der Waals surface area (Å²) in [6.07, 6.45) is 3.74. The van der Waals surface area contributed by atoms with Crippen molar-refractivity contribution < 1.29 is 14.7 Å². The van der Waals surface area contributed by atoms with Crippen LogP contribution in [0.25, 0.3) is 0 Å². The van der Waals surface area contributed by atoms with Gasteiger partial charge in [0.15, 0.2) is 0 Å². The third-order valence-corrected chi connectivity index (χ3v) is 1.67. The molecule has 0 aromatic heterocycles. The molecule has 0 spiro atoms. The van der Waals surface area contributed by atoms with Crippen LogP contribution in [-0.2, 0) is 9.59 Å². The van der Waals surface area contributed by atoms with E-state index in [4.69, 9.17) is 5.11 Å². The Morgan fingerprint density at radius 3 is 2.00 bits per heavy atom. The minimum atomic E-state index is -1.09. The minimum absolute atomic E-state index is 0.226. The average Bonchev–Trinajstić information content (AvgIpc) is 2.14. The highest BCUT2D eigenvalue weighted by Gasteiger charge is 2.07. The van der Waals surface area contributed by atoms with Crippen molar-refractivity contribution in [2.24, 2.45) is 0 Å². The Balaban J connectivity index is 4.20. The molecule has 0 heterocycles. The van der Waals surface area contributed by atoms with Gasteiger partial charge in [0, 0.05) is 25.2 Å². The molecule has 0 radical (unpaired) electrons. The maximum absolute atomic E-state index is 11.4. The Morgan fingerprint density at radius 1 is 1.14 bits per heavy atom. The fourth-order valence-electron chi connectivity index (χ4n) is 1.12. The number of carboxylic acids is 1. The minimum Gasteiger partial charge on any atom is -0.478 e. The lowest BCUT2D eigenvalue weighted by atomic mass is 10.3. The van der Waals surface area contributed by atoms with Gasteiger partial charge in [-0.15, -0.1) is 0 Å². The molecule has 0 bridgehead atoms. The van der Waals surface area contributed by atoms with Gasteiger partial charge < -0.3 is 10.0 Å². The van der Waals surface area contributed by atoms with E-state index >= 15 is 0 Å². The largest absolute Gasteiger partial charge is 0.478 e. The second-order valence-corrected chi connectivity index (χ2v) is 3.00. The van der Waals surface area contributed by atoms with E-state index in [1.165, 1.54) is 0 Å². The van der Waals surface area contributed by atoms with E-state index in [0.717, 1.165) is 25.0 Å². The maximum Gasteiger partial charge on any atom is 0.328 e. The van der Waals surface area contributed by atoms with Crippen molar-refractivity contribution >= 4 is 11.9 Å². The van der Waals surface area contributed by atoms with Gasteiger partial charge in [0.25, 0.3) is 0 Å². The number of carbonyl (C=O) groups is 2. The molecule has 80 valence electrons. The zero-order valence-electron chi connectivity index (χ0n) is 8.69. The molecular weight excluding hydrogens is 182 g/mol. The number of carbonyl (C=O) groups excluding carboxylic acids is 1. The summed E-state index contributed by atoms with van der Waals surface area (Å²) in [5.41, 5.74) is 0. The number of aliphatic carboxylic acids is 1. The van der Waals surface area contributed by atoms with Crippen LogP contribution in [0.2, 0.25) is 0 Å². The van der Waals surface area contributed by atoms with E-state index in [1.807, 2.05) is 13.8 Å². The summed E-state index contributed by atoms with van der Waals surface area (Å²) < 4.78 is 0. The van der Waals surface area contributed by atoms with Crippen molar-refractivity contribution in [2.45, 2.75) is 26.7 Å². The van der Waals surface area contributed by atoms with E-state index in [1.54, 1.807) is 4.90 Å². The smallest absolute Gasteiger partial charge is 0.328 e. The van der Waals surface area contributed by atoms with Gasteiger partial charge in [-0.2, -0.15) is 0 Å². The molecule has 0 saturated carbocycles. The van der Waals surface area contributed by atoms with Crippen LogP contribution in [0.3, 0.4) is 0 Å². The van der Waals surface area contributed by atoms with E-state index in [0.29, 0.717) is 13.1 Å². The van der Waals surface area contributed by atoms with E-state index in [2.05, 4.69) is 0 Å². The Morgan fingerprint density at radius 2 is 1.64 bits per heavy atom. The summed E-state index contributed by atoms with van der Waals surface area (Å²) in [5, 5.41) is 8.35. The van der Waals surface area contributed by atoms with Crippen molar-refractivity contribution in [3.05, 3.63) is 12.2 Å². The van der Waals surface area contributed by atoms with Crippen LogP contribution in [-0.4, -0.2) is 35.0 Å². The van der Waals surface area contributed by atoms with E-state index in [-0.39, 0.29) is 5.91 Å². The molecule has 0 aliphatic heterocycles. The Kier molecular flexibility index (Phi) is 6.45. The molecule has 0 aliphatic rings. The third kappa shape index (κ3) is 5.35. The summed E-state index contributed by atoms with van der Waals surface area (Å²) >= 11 is 0. The quantitative estimate of drug-likeness (QED) is 0.655. The average molecular weight is 199 g/mol. The van der Waals surface area contributed by atoms with Gasteiger partial charge in [-0.3, -0.25) is 4.79 Å². The molecule has 0 unspecified atom stereocenters. The summed E-state index contributed by atoms with van der Waals surface area (Å²) in [6.45, 7) is 5.32. The van der Waals surface area contributed by atoms with Gasteiger partial charge in [-0.25, -0.2) is 4.79 Å². The second-order valence-electron chi connectivity index (χ2n) is 3.00. The first-order valence-corrected chi connectivity index (χ1v) is 4.81. The van der Waals surface area contributed by atoms with Crippen molar-refractivity contribution in [1.82, 2.24) is 4.90 Å². The number of hydrogen-bond acceptors (Lipinski definition) is 2. The SMILES string of the molecule is CCCN(CCC)C(=O)/C=C/C(=O)O. The fourth-order valence-corrected chi connectivity index (χ4v) is 1.12. The summed E-state index contributed by atoms with van der Waals surface area (Å²) in [6, 6.07) is 0. The number of carboxylic acid groups (broad SMARTS) is 1. The van der Waals surface area contributed by atoms with Crippen molar-refractivity contribution in [1.29, 1.82) is 0 Å². The first kappa shape index (κ1) is 12.7. The molecule has 0 saturated heterocycles. The van der Waals surface area contributed by atoms with Crippen molar-refractivity contribution in [3.63, 3.8) is 0 Å². The van der Waals surface area contributed by atoms with Gasteiger partial charge >= 0.3 is 5.97 Å². The van der Waals surface area contributed by atoms with Gasteiger partial charge in [-0.05, 0) is 12.8 Å². The molecule has 1 amide bonds. The Labute approximate surface area is 84.2 Å². The third-order valence-electron chi connectivity index (χ3n) is 1.67. The zero-order valence-corrected chi connectivity index (χ0v) is 8.69. The fraction of sp³-hybridized carbons (Fsp3) is 0.600. The zero-order chi connectivity index (χ0) is 11.0. The van der Waals surface area contributed by atoms with Gasteiger partial charge in [0.1, 0.15) is 0 Å². The lowest BCUT2D eigenvalue weighted by molar-refractivity contribution is -0.132. The van der Waals surface area contributed by atoms with Crippen LogP contribution in [0, 0.1) is 0 Å². The second kappa shape index (κ2) is 7.12. The molecule has 0 atom stereocenters. The van der Waals surface area contributed by atoms with E-state index < -0.39 is 5.97 Å². The van der Waals surface area contributed by atoms with Crippen LogP contribution in [0.5, 0.6) is 0 Å². The first-order valence-electron chi connectivity index (χ1n) is 4.81. The molecule has 0 aliphatic carbocycles. The normalized spacial score (nSPS) is 10.4. The number of nitrogens with zero attached hydrogens (tertiary/aromatic N) is 1. The predicted octanol–water partition coefficient (Wildman–Crippen LogP) is 1.28. The molecule has 0 rings (SSSR count). The molecule has 0 aromatic carbocycles. The van der Waals surface area contributed by atoms with Crippen LogP contribution >= 0.6 is 0 Å². The molecule has 14 heavy (non-hydrogen) atoms. The predicted molar refractivity (Wildman–Crippen MR) is 53.9 cm³/mol. The van der Waals surface area contributed by atoms with Crippen LogP contribution < -0.4 is 0 Å². The molecule has 1 N–H and O–H groups in total. The highest BCUT2D eigenvalue weighted by Crippen LogP contribution is 1.96. The molecule has 0 aromatic rings. The van der Waals surface area contributed by atoms with Crippen LogP contribution in [0.15, 0.2) is 12.2 Å². The maximum atomic E-state index is 11.4. The monoisotopic (exact) mass is 199 g/mol. The summed E-state index contributed by atoms with van der Waals surface area (Å²) in [4.78, 5) is 23.2. The summed E-state index contributed by atoms with van der Waals surface area (Å²) in [5.74, 6) is -1.32. The number of hydrogen-bond donors (Lipinski definition) is 1. The van der Waals surface area contributed by atoms with Gasteiger partial charge in [-0.1, -0.05) is 13.8 Å². The van der Waals surface area contributed by atoms with Crippen LogP contribution in [0.4, 0.5) is 0 Å². The number of rotatable bonds is 6. The summed E-state index contributed by atoms with van der Waals surface area (Å²) in [7, 11) is 0. The van der Waals surface area contributed by atoms with Gasteiger partial charge in [0.05, 0.1) is 0 Å². The molecule has 4 nitrogen and oxygen atoms in total. The molecular formula is C10H17NO3. The molecule has 0 fully saturated rings. The van der Waals surface area contributed by atoms with E-state index in [9.17, 15) is 9.59 Å². The lowest BCUT2D eigenvalue weighted by Crippen LogP contribution is -2.31. The lowest BCUT2D eigenvalue weighted by Gasteiger charge is -2.19. The van der Waals surface area contributed by atoms with Crippen LogP contribution in [0.1, 0.15) is 26.7 Å². The highest BCUT2D eigenvalue weighted by atomic mass is 16.4. The Bertz CT molecular complexity index is 217. The standard InChI is InChI=1S/C10H17NO3/c1-3-7-11(8-4-2)9(12)5-6-10(13)14/h5-6H,3-4,7-8H2,1-2H3,(H,13,14)/b6-5+. The first-order chi connectivity index (χ1) is 6.61. The van der Waals surface area contributed by atoms with Gasteiger partial charge in [0.2, 0.25) is 5.91 Å². The topological polar surface area (TPSA) is 57.6 Å². The highest BCUT2D eigenvalue weighted by molar-refractivity contribution is 5.93. The van der Waals surface area contributed by atoms with Crippen molar-refractivity contribution in [3.8, 4) is 0 Å².